The molecule has 3 bridgehead atoms. The quantitative estimate of drug-likeness (QED) is 0.452. The molecule has 3 aromatic rings. The van der Waals surface area contributed by atoms with Gasteiger partial charge in [0.25, 0.3) is 0 Å². The summed E-state index contributed by atoms with van der Waals surface area (Å²) in [6, 6.07) is 15.4. The van der Waals surface area contributed by atoms with Gasteiger partial charge >= 0.3 is 5.97 Å². The molecule has 0 radical (unpaired) electrons. The number of ether oxygens (including phenoxy) is 1. The molecule has 3 fully saturated rings. The number of esters is 1. The van der Waals surface area contributed by atoms with Crippen LogP contribution in [0.5, 0.6) is 0 Å². The maximum absolute atomic E-state index is 13.1. The number of nitrogens with zero attached hydrogens (tertiary/aromatic N) is 1. The van der Waals surface area contributed by atoms with Crippen molar-refractivity contribution in [3.05, 3.63) is 72.1 Å². The Labute approximate surface area is 211 Å². The molecule has 0 spiro atoms. The van der Waals surface area contributed by atoms with Crippen LogP contribution in [0.1, 0.15) is 55.6 Å². The van der Waals surface area contributed by atoms with Crippen molar-refractivity contribution >= 4 is 28.3 Å². The van der Waals surface area contributed by atoms with Gasteiger partial charge in [-0.3, -0.25) is 14.6 Å². The fourth-order valence-electron chi connectivity index (χ4n) is 7.11. The van der Waals surface area contributed by atoms with E-state index in [0.717, 1.165) is 58.7 Å². The van der Waals surface area contributed by atoms with Crippen molar-refractivity contribution in [3.8, 4) is 0 Å². The number of carbonyl (C=O) groups is 2. The van der Waals surface area contributed by atoms with Gasteiger partial charge in [0.1, 0.15) is 6.61 Å². The maximum atomic E-state index is 13.1. The molecule has 3 aliphatic rings. The zero-order valence-corrected chi connectivity index (χ0v) is 20.5. The van der Waals surface area contributed by atoms with Crippen molar-refractivity contribution in [2.24, 2.45) is 28.9 Å². The van der Waals surface area contributed by atoms with E-state index in [2.05, 4.69) is 10.3 Å². The molecule has 3 N–H and O–H groups in total. The van der Waals surface area contributed by atoms with Gasteiger partial charge in [-0.15, -0.1) is 0 Å². The number of hydrogen-bond donors (Lipinski definition) is 2. The molecule has 3 saturated carbocycles. The Balaban J connectivity index is 1.08. The predicted octanol–water partition coefficient (Wildman–Crippen LogP) is 5.18. The van der Waals surface area contributed by atoms with Crippen LogP contribution in [-0.2, 0) is 20.9 Å². The van der Waals surface area contributed by atoms with Gasteiger partial charge in [-0.05, 0) is 91.0 Å². The summed E-state index contributed by atoms with van der Waals surface area (Å²) >= 11 is 0. The Morgan fingerprint density at radius 3 is 2.72 bits per heavy atom. The summed E-state index contributed by atoms with van der Waals surface area (Å²) in [5, 5.41) is 5.02. The first-order valence-corrected chi connectivity index (χ1v) is 13.1. The molecule has 186 valence electrons. The Kier molecular flexibility index (Phi) is 6.00. The van der Waals surface area contributed by atoms with Gasteiger partial charge in [0.05, 0.1) is 11.3 Å². The van der Waals surface area contributed by atoms with E-state index in [1.165, 1.54) is 19.3 Å². The molecule has 2 aromatic carbocycles. The number of pyridine rings is 1. The highest BCUT2D eigenvalue weighted by Gasteiger charge is 2.55. The Morgan fingerprint density at radius 1 is 1.06 bits per heavy atom. The lowest BCUT2D eigenvalue weighted by Gasteiger charge is -2.42. The third kappa shape index (κ3) is 4.28. The molecular formula is C30H33N3O3. The molecule has 36 heavy (non-hydrogen) atoms. The van der Waals surface area contributed by atoms with Crippen LogP contribution in [0.15, 0.2) is 60.9 Å². The van der Waals surface area contributed by atoms with E-state index >= 15 is 0 Å². The first-order valence-electron chi connectivity index (χ1n) is 13.1. The Hall–Kier alpha value is -3.25. The van der Waals surface area contributed by atoms with Crippen LogP contribution in [0.4, 0.5) is 5.69 Å². The van der Waals surface area contributed by atoms with E-state index in [1.807, 2.05) is 48.5 Å². The molecule has 1 aromatic heterocycles. The third-order valence-corrected chi connectivity index (χ3v) is 8.91. The minimum atomic E-state index is -0.471. The lowest BCUT2D eigenvalue weighted by molar-refractivity contribution is -0.163. The number of benzene rings is 2. The second-order valence-electron chi connectivity index (χ2n) is 11.1. The van der Waals surface area contributed by atoms with Crippen molar-refractivity contribution in [3.63, 3.8) is 0 Å². The van der Waals surface area contributed by atoms with Crippen LogP contribution in [0.2, 0.25) is 0 Å². The van der Waals surface area contributed by atoms with E-state index in [9.17, 15) is 9.59 Å². The molecule has 3 aliphatic carbocycles. The normalized spacial score (nSPS) is 27.1. The summed E-state index contributed by atoms with van der Waals surface area (Å²) in [6.45, 7) is 0.467. The summed E-state index contributed by atoms with van der Waals surface area (Å²) < 4.78 is 5.85. The summed E-state index contributed by atoms with van der Waals surface area (Å²) in [4.78, 5) is 30.3. The molecule has 6 heteroatoms. The molecule has 1 heterocycles. The lowest BCUT2D eigenvalue weighted by atomic mass is 9.62. The Bertz CT molecular complexity index is 1290. The average molecular weight is 484 g/mol. The van der Waals surface area contributed by atoms with Crippen molar-refractivity contribution in [2.75, 3.05) is 11.9 Å². The number of nitrogens with two attached hydrogens (primary N) is 1. The van der Waals surface area contributed by atoms with Crippen LogP contribution in [-0.4, -0.2) is 23.4 Å². The highest BCUT2D eigenvalue weighted by atomic mass is 16.5. The predicted molar refractivity (Wildman–Crippen MR) is 139 cm³/mol. The number of nitrogens with one attached hydrogen (secondary N) is 1. The molecule has 5 unspecified atom stereocenters. The number of aromatic nitrogens is 1. The van der Waals surface area contributed by atoms with Crippen molar-refractivity contribution in [1.29, 1.82) is 0 Å². The van der Waals surface area contributed by atoms with Gasteiger partial charge < -0.3 is 15.8 Å². The van der Waals surface area contributed by atoms with E-state index in [-0.39, 0.29) is 30.4 Å². The van der Waals surface area contributed by atoms with E-state index in [4.69, 9.17) is 10.5 Å². The molecular weight excluding hydrogens is 450 g/mol. The molecule has 6 nitrogen and oxygen atoms in total. The summed E-state index contributed by atoms with van der Waals surface area (Å²) in [6.07, 6.45) is 10.4. The van der Waals surface area contributed by atoms with Gasteiger partial charge in [-0.1, -0.05) is 30.3 Å². The minimum Gasteiger partial charge on any atom is -0.460 e. The number of anilines is 1. The van der Waals surface area contributed by atoms with Crippen molar-refractivity contribution in [2.45, 2.75) is 51.0 Å². The molecule has 0 saturated heterocycles. The van der Waals surface area contributed by atoms with Gasteiger partial charge in [0.15, 0.2) is 0 Å². The maximum Gasteiger partial charge on any atom is 0.312 e. The molecule has 6 rings (SSSR count). The van der Waals surface area contributed by atoms with Crippen molar-refractivity contribution < 1.29 is 14.3 Å². The first kappa shape index (κ1) is 23.2. The first-order chi connectivity index (χ1) is 17.5. The molecule has 1 amide bonds. The third-order valence-electron chi connectivity index (χ3n) is 8.91. The van der Waals surface area contributed by atoms with Gasteiger partial charge in [0, 0.05) is 30.0 Å². The number of fused-ring (bicyclic) bond motifs is 3. The number of rotatable bonds is 7. The second kappa shape index (κ2) is 9.32. The zero-order chi connectivity index (χ0) is 24.7. The van der Waals surface area contributed by atoms with Crippen LogP contribution >= 0.6 is 0 Å². The molecule has 5 atom stereocenters. The standard InChI is InChI=1S/C30H33N3O3/c31-16-27(28(34)33-26-6-5-24-17-32-10-8-23(24)13-26)21-3-1-19(2-4-21)18-36-29(35)30-9-7-22-11-20(14-30)12-25(22)15-30/h1-6,8,10,13,17,20,22,25,27H,7,9,11-12,14-16,18,31H2,(H,33,34). The van der Waals surface area contributed by atoms with Gasteiger partial charge in [-0.25, -0.2) is 0 Å². The van der Waals surface area contributed by atoms with E-state index < -0.39 is 5.92 Å². The van der Waals surface area contributed by atoms with Crippen molar-refractivity contribution in [1.82, 2.24) is 4.98 Å². The van der Waals surface area contributed by atoms with Gasteiger partial charge in [-0.2, -0.15) is 0 Å². The largest absolute Gasteiger partial charge is 0.460 e. The summed E-state index contributed by atoms with van der Waals surface area (Å²) in [5.74, 6) is 1.67. The highest BCUT2D eigenvalue weighted by Crippen LogP contribution is 2.61. The van der Waals surface area contributed by atoms with E-state index in [1.54, 1.807) is 12.4 Å². The fourth-order valence-corrected chi connectivity index (χ4v) is 7.11. The topological polar surface area (TPSA) is 94.3 Å². The lowest BCUT2D eigenvalue weighted by Crippen LogP contribution is -2.41. The number of amides is 1. The Morgan fingerprint density at radius 2 is 1.89 bits per heavy atom. The van der Waals surface area contributed by atoms with Gasteiger partial charge in [0.2, 0.25) is 5.91 Å². The minimum absolute atomic E-state index is 0.00740. The van der Waals surface area contributed by atoms with Crippen LogP contribution in [0, 0.1) is 23.2 Å². The SMILES string of the molecule is NCC(C(=O)Nc1ccc2cnccc2c1)c1ccc(COC(=O)C23CCC4CC(CC4C2)C3)cc1. The second-order valence-corrected chi connectivity index (χ2v) is 11.1. The summed E-state index contributed by atoms with van der Waals surface area (Å²) in [5.41, 5.74) is 8.24. The number of carbonyl (C=O) groups excluding carboxylic acids is 2. The summed E-state index contributed by atoms with van der Waals surface area (Å²) in [7, 11) is 0. The van der Waals surface area contributed by atoms with Crippen LogP contribution < -0.4 is 11.1 Å². The van der Waals surface area contributed by atoms with E-state index in [0.29, 0.717) is 5.92 Å². The molecule has 0 aliphatic heterocycles. The smallest absolute Gasteiger partial charge is 0.312 e. The zero-order valence-electron chi connectivity index (χ0n) is 20.5. The monoisotopic (exact) mass is 483 g/mol. The van der Waals surface area contributed by atoms with Crippen LogP contribution in [0.25, 0.3) is 10.8 Å². The fraction of sp³-hybridized carbons (Fsp3) is 0.433. The highest BCUT2D eigenvalue weighted by molar-refractivity contribution is 5.98. The van der Waals surface area contributed by atoms with Crippen LogP contribution in [0.3, 0.4) is 0 Å². The average Bonchev–Trinajstić information content (AvgIpc) is 3.11. The number of hydrogen-bond acceptors (Lipinski definition) is 5.